The summed E-state index contributed by atoms with van der Waals surface area (Å²) in [6, 6.07) is 0. The highest BCUT2D eigenvalue weighted by atomic mass is 31.2. The van der Waals surface area contributed by atoms with Crippen molar-refractivity contribution in [1.29, 1.82) is 0 Å². The monoisotopic (exact) mass is 845 g/mol. The minimum absolute atomic E-state index is 0.0867. The molecule has 0 aromatic heterocycles. The lowest BCUT2D eigenvalue weighted by Crippen LogP contribution is -2.28. The topological polar surface area (TPSA) is 102 Å². The molecule has 0 saturated heterocycles. The summed E-state index contributed by atoms with van der Waals surface area (Å²) in [5.41, 5.74) is 0. The van der Waals surface area contributed by atoms with Crippen LogP contribution in [0.1, 0.15) is 290 Å². The Labute approximate surface area is 361 Å². The summed E-state index contributed by atoms with van der Waals surface area (Å²) >= 11 is 0. The van der Waals surface area contributed by atoms with Crippen LogP contribution in [-0.4, -0.2) is 41.7 Å². The Morgan fingerprint density at radius 1 is 0.397 bits per heavy atom. The van der Waals surface area contributed by atoms with E-state index in [1.165, 1.54) is 238 Å². The van der Waals surface area contributed by atoms with Crippen molar-refractivity contribution in [3.05, 3.63) is 0 Å². The van der Waals surface area contributed by atoms with Crippen LogP contribution in [0, 0.1) is 0 Å². The fraction of sp³-hybridized carbons (Fsp3) is 0.980. The van der Waals surface area contributed by atoms with Gasteiger partial charge in [0.15, 0.2) is 0 Å². The lowest BCUT2D eigenvalue weighted by Gasteiger charge is -2.18. The van der Waals surface area contributed by atoms with Gasteiger partial charge in [0.1, 0.15) is 6.10 Å². The van der Waals surface area contributed by atoms with Gasteiger partial charge in [0.25, 0.3) is 0 Å². The molecule has 0 radical (unpaired) electrons. The van der Waals surface area contributed by atoms with Gasteiger partial charge in [0.05, 0.1) is 13.2 Å². The van der Waals surface area contributed by atoms with E-state index in [2.05, 4.69) is 18.4 Å². The lowest BCUT2D eigenvalue weighted by atomic mass is 10.0. The van der Waals surface area contributed by atoms with Gasteiger partial charge in [-0.3, -0.25) is 9.32 Å². The van der Waals surface area contributed by atoms with Gasteiger partial charge in [-0.15, -0.1) is 0 Å². The molecule has 0 saturated carbocycles. The number of carbonyl (C=O) groups excluding carboxylic acids is 1. The highest BCUT2D eigenvalue weighted by molar-refractivity contribution is 7.46. The molecule has 0 aliphatic carbocycles. The van der Waals surface area contributed by atoms with E-state index >= 15 is 0 Å². The third-order valence-electron chi connectivity index (χ3n) is 11.9. The average Bonchev–Trinajstić information content (AvgIpc) is 3.20. The van der Waals surface area contributed by atoms with Crippen LogP contribution < -0.4 is 0 Å². The smallest absolute Gasteiger partial charge is 0.457 e. The molecule has 0 spiro atoms. The fourth-order valence-electron chi connectivity index (χ4n) is 8.09. The molecule has 0 fully saturated rings. The van der Waals surface area contributed by atoms with Crippen molar-refractivity contribution in [1.82, 2.24) is 0 Å². The standard InChI is InChI=1S/C50H101O7P/c1-3-5-7-9-11-13-15-17-18-19-20-21-22-23-24-25-26-27-28-29-30-31-32-33-34-35-37-39-41-43-45-50(51)57-49(48-56-58(52,53)54)47-55-46-44-42-40-38-36-16-14-12-10-8-6-4-2/h49H,3-48H2,1-2H3,(H2,52,53,54)/t49-/m1/s1. The Kier molecular flexibility index (Phi) is 47.2. The van der Waals surface area contributed by atoms with Crippen molar-refractivity contribution >= 4 is 13.8 Å². The van der Waals surface area contributed by atoms with Gasteiger partial charge >= 0.3 is 13.8 Å². The van der Waals surface area contributed by atoms with Crippen LogP contribution in [0.2, 0.25) is 0 Å². The van der Waals surface area contributed by atoms with Gasteiger partial charge in [0, 0.05) is 13.0 Å². The van der Waals surface area contributed by atoms with Crippen LogP contribution in [-0.2, 0) is 23.4 Å². The predicted molar refractivity (Wildman–Crippen MR) is 249 cm³/mol. The minimum Gasteiger partial charge on any atom is -0.457 e. The molecular weight excluding hydrogens is 744 g/mol. The number of carbonyl (C=O) groups is 1. The zero-order valence-corrected chi connectivity index (χ0v) is 39.9. The van der Waals surface area contributed by atoms with Gasteiger partial charge in [-0.2, -0.15) is 0 Å². The number of phosphoric acid groups is 1. The molecule has 348 valence electrons. The van der Waals surface area contributed by atoms with Crippen LogP contribution in [0.25, 0.3) is 0 Å². The number of rotatable bonds is 50. The highest BCUT2D eigenvalue weighted by Gasteiger charge is 2.21. The van der Waals surface area contributed by atoms with Crippen LogP contribution in [0.5, 0.6) is 0 Å². The van der Waals surface area contributed by atoms with Crippen LogP contribution in [0.3, 0.4) is 0 Å². The van der Waals surface area contributed by atoms with E-state index in [0.717, 1.165) is 32.1 Å². The van der Waals surface area contributed by atoms with Crippen molar-refractivity contribution in [2.75, 3.05) is 19.8 Å². The summed E-state index contributed by atoms with van der Waals surface area (Å²) in [6.07, 6.45) is 55.7. The van der Waals surface area contributed by atoms with Gasteiger partial charge < -0.3 is 19.3 Å². The first kappa shape index (κ1) is 57.5. The molecule has 58 heavy (non-hydrogen) atoms. The van der Waals surface area contributed by atoms with Gasteiger partial charge in [-0.05, 0) is 12.8 Å². The van der Waals surface area contributed by atoms with E-state index < -0.39 is 13.9 Å². The van der Waals surface area contributed by atoms with Crippen LogP contribution >= 0.6 is 7.82 Å². The maximum Gasteiger partial charge on any atom is 0.469 e. The molecule has 0 aromatic carbocycles. The van der Waals surface area contributed by atoms with Gasteiger partial charge in [0.2, 0.25) is 0 Å². The second-order valence-electron chi connectivity index (χ2n) is 17.9. The molecule has 7 nitrogen and oxygen atoms in total. The fourth-order valence-corrected chi connectivity index (χ4v) is 8.45. The quantitative estimate of drug-likeness (QED) is 0.0357. The molecule has 0 aromatic rings. The van der Waals surface area contributed by atoms with Gasteiger partial charge in [-0.1, -0.05) is 271 Å². The number of hydrogen-bond acceptors (Lipinski definition) is 5. The number of hydrogen-bond donors (Lipinski definition) is 2. The van der Waals surface area contributed by atoms with Gasteiger partial charge in [-0.25, -0.2) is 4.57 Å². The molecule has 0 unspecified atom stereocenters. The summed E-state index contributed by atoms with van der Waals surface area (Å²) < 4.78 is 27.1. The van der Waals surface area contributed by atoms with Crippen molar-refractivity contribution in [2.45, 2.75) is 296 Å². The Morgan fingerprint density at radius 2 is 0.655 bits per heavy atom. The molecule has 0 heterocycles. The Hall–Kier alpha value is -0.460. The zero-order chi connectivity index (χ0) is 42.3. The van der Waals surface area contributed by atoms with E-state index in [4.69, 9.17) is 19.3 Å². The number of esters is 1. The predicted octanol–water partition coefficient (Wildman–Crippen LogP) is 16.8. The molecule has 0 aliphatic rings. The first-order chi connectivity index (χ1) is 28.4. The molecular formula is C50H101O7P. The molecule has 0 bridgehead atoms. The maximum absolute atomic E-state index is 12.5. The first-order valence-corrected chi connectivity index (χ1v) is 27.4. The molecule has 1 atom stereocenters. The van der Waals surface area contributed by atoms with Crippen LogP contribution in [0.15, 0.2) is 0 Å². The van der Waals surface area contributed by atoms with Crippen molar-refractivity contribution in [3.63, 3.8) is 0 Å². The van der Waals surface area contributed by atoms with E-state index in [-0.39, 0.29) is 19.2 Å². The summed E-state index contributed by atoms with van der Waals surface area (Å²) in [5.74, 6) is -0.353. The zero-order valence-electron chi connectivity index (χ0n) is 39.0. The average molecular weight is 845 g/mol. The summed E-state index contributed by atoms with van der Waals surface area (Å²) in [5, 5.41) is 0. The van der Waals surface area contributed by atoms with E-state index in [1.807, 2.05) is 0 Å². The molecule has 2 N–H and O–H groups in total. The lowest BCUT2D eigenvalue weighted by molar-refractivity contribution is -0.154. The normalized spacial score (nSPS) is 12.4. The molecule has 0 rings (SSSR count). The molecule has 8 heteroatoms. The van der Waals surface area contributed by atoms with E-state index in [1.54, 1.807) is 0 Å². The molecule has 0 aliphatic heterocycles. The van der Waals surface area contributed by atoms with Crippen molar-refractivity contribution < 1.29 is 33.1 Å². The Balaban J connectivity index is 3.55. The first-order valence-electron chi connectivity index (χ1n) is 25.9. The van der Waals surface area contributed by atoms with Crippen molar-refractivity contribution in [2.24, 2.45) is 0 Å². The number of phosphoric ester groups is 1. The maximum atomic E-state index is 12.5. The van der Waals surface area contributed by atoms with Crippen LogP contribution in [0.4, 0.5) is 0 Å². The third-order valence-corrected chi connectivity index (χ3v) is 12.4. The minimum atomic E-state index is -4.65. The van der Waals surface area contributed by atoms with Crippen molar-refractivity contribution in [3.8, 4) is 0 Å². The highest BCUT2D eigenvalue weighted by Crippen LogP contribution is 2.36. The second-order valence-corrected chi connectivity index (χ2v) is 19.1. The largest absolute Gasteiger partial charge is 0.469 e. The number of unbranched alkanes of at least 4 members (excludes halogenated alkanes) is 40. The second kappa shape index (κ2) is 47.6. The third kappa shape index (κ3) is 49.9. The Bertz CT molecular complexity index is 850. The summed E-state index contributed by atoms with van der Waals surface area (Å²) in [4.78, 5) is 30.7. The van der Waals surface area contributed by atoms with E-state index in [9.17, 15) is 9.36 Å². The summed E-state index contributed by atoms with van der Waals surface area (Å²) in [7, 11) is -4.65. The Morgan fingerprint density at radius 3 is 0.931 bits per heavy atom. The molecule has 0 amide bonds. The number of ether oxygens (including phenoxy) is 2. The summed E-state index contributed by atoms with van der Waals surface area (Å²) in [6.45, 7) is 4.82. The SMILES string of the molecule is CCCCCCCCCCCCCCCCCCCCCCCCCCCCCCCCC(=O)O[C@H](COCCCCCCCCCCCCCC)COP(=O)(O)O. The van der Waals surface area contributed by atoms with E-state index in [0.29, 0.717) is 13.0 Å².